The third kappa shape index (κ3) is 5.39. The minimum Gasteiger partial charge on any atom is -0.291 e. The Kier molecular flexibility index (Phi) is 6.68. The van der Waals surface area contributed by atoms with E-state index in [1.807, 2.05) is 6.21 Å². The van der Waals surface area contributed by atoms with Crippen molar-refractivity contribution in [3.05, 3.63) is 44.8 Å². The Morgan fingerprint density at radius 3 is 2.25 bits per heavy atom. The summed E-state index contributed by atoms with van der Waals surface area (Å²) in [5.74, 6) is 0. The number of thiophene rings is 2. The normalized spacial score (nSPS) is 12.3. The van der Waals surface area contributed by atoms with Gasteiger partial charge in [-0.25, -0.2) is 0 Å². The molecule has 0 aliphatic carbocycles. The first-order valence-electron chi connectivity index (χ1n) is 6.96. The molecule has 2 aromatic heterocycles. The maximum Gasteiger partial charge on any atom is 0.0523 e. The summed E-state index contributed by atoms with van der Waals surface area (Å²) in [4.78, 5) is 11.9. The average molecular weight is 304 g/mol. The molecule has 0 atom stereocenters. The van der Waals surface area contributed by atoms with Gasteiger partial charge in [-0.3, -0.25) is 9.98 Å². The zero-order chi connectivity index (χ0) is 14.0. The van der Waals surface area contributed by atoms with E-state index in [4.69, 9.17) is 0 Å². The van der Waals surface area contributed by atoms with Gasteiger partial charge in [0.2, 0.25) is 0 Å². The van der Waals surface area contributed by atoms with Crippen LogP contribution in [-0.2, 0) is 12.8 Å². The lowest BCUT2D eigenvalue weighted by atomic mass is 10.3. The van der Waals surface area contributed by atoms with Gasteiger partial charge in [-0.2, -0.15) is 0 Å². The Hall–Kier alpha value is -1.26. The molecule has 0 N–H and O–H groups in total. The van der Waals surface area contributed by atoms with Crippen molar-refractivity contribution < 1.29 is 0 Å². The number of nitrogens with zero attached hydrogens (tertiary/aromatic N) is 2. The van der Waals surface area contributed by atoms with Gasteiger partial charge in [-0.05, 0) is 29.3 Å². The quantitative estimate of drug-likeness (QED) is 0.641. The number of hydrogen-bond donors (Lipinski definition) is 0. The van der Waals surface area contributed by atoms with E-state index < -0.39 is 0 Å². The first kappa shape index (κ1) is 15.1. The van der Waals surface area contributed by atoms with Gasteiger partial charge in [-0.15, -0.1) is 22.7 Å². The van der Waals surface area contributed by atoms with Crippen LogP contribution < -0.4 is 0 Å². The second-order valence-electron chi connectivity index (χ2n) is 4.42. The highest BCUT2D eigenvalue weighted by Gasteiger charge is 1.95. The van der Waals surface area contributed by atoms with E-state index in [2.05, 4.69) is 51.9 Å². The molecular weight excluding hydrogens is 284 g/mol. The summed E-state index contributed by atoms with van der Waals surface area (Å²) in [7, 11) is 0. The molecule has 2 aromatic rings. The van der Waals surface area contributed by atoms with E-state index in [-0.39, 0.29) is 0 Å². The third-order valence-electron chi connectivity index (χ3n) is 2.92. The van der Waals surface area contributed by atoms with Crippen molar-refractivity contribution in [3.8, 4) is 0 Å². The van der Waals surface area contributed by atoms with Crippen LogP contribution in [0.2, 0.25) is 0 Å². The molecule has 0 aliphatic rings. The van der Waals surface area contributed by atoms with E-state index in [1.165, 1.54) is 9.75 Å². The van der Waals surface area contributed by atoms with Crippen molar-refractivity contribution in [1.82, 2.24) is 0 Å². The van der Waals surface area contributed by atoms with Crippen LogP contribution in [-0.4, -0.2) is 25.0 Å². The lowest BCUT2D eigenvalue weighted by Gasteiger charge is -1.98. The SMILES string of the molecule is CCC(C=NCCc1cccs1)=NCCc1cccs1. The van der Waals surface area contributed by atoms with Crippen molar-refractivity contribution >= 4 is 34.6 Å². The monoisotopic (exact) mass is 304 g/mol. The summed E-state index contributed by atoms with van der Waals surface area (Å²) in [6, 6.07) is 8.51. The first-order chi connectivity index (χ1) is 9.88. The lowest BCUT2D eigenvalue weighted by Crippen LogP contribution is -2.01. The molecule has 2 nitrogen and oxygen atoms in total. The van der Waals surface area contributed by atoms with Gasteiger partial charge in [-0.1, -0.05) is 19.1 Å². The van der Waals surface area contributed by atoms with E-state index in [0.717, 1.165) is 38.1 Å². The van der Waals surface area contributed by atoms with Crippen LogP contribution >= 0.6 is 22.7 Å². The predicted molar refractivity (Wildman–Crippen MR) is 92.0 cm³/mol. The molecule has 2 heterocycles. The molecule has 0 spiro atoms. The van der Waals surface area contributed by atoms with Crippen molar-refractivity contribution in [1.29, 1.82) is 0 Å². The summed E-state index contributed by atoms with van der Waals surface area (Å²) in [5, 5.41) is 4.23. The minimum atomic E-state index is 0.852. The molecule has 106 valence electrons. The van der Waals surface area contributed by atoms with Gasteiger partial charge in [0.25, 0.3) is 0 Å². The number of aliphatic imine (C=N–C) groups is 2. The smallest absolute Gasteiger partial charge is 0.0523 e. The summed E-state index contributed by atoms with van der Waals surface area (Å²) in [6.07, 6.45) is 4.96. The molecule has 2 rings (SSSR count). The molecule has 0 aromatic carbocycles. The summed E-state index contributed by atoms with van der Waals surface area (Å²) < 4.78 is 0. The van der Waals surface area contributed by atoms with Crippen LogP contribution in [0.3, 0.4) is 0 Å². The highest BCUT2D eigenvalue weighted by molar-refractivity contribution is 7.10. The fourth-order valence-corrected chi connectivity index (χ4v) is 3.20. The molecule has 0 fully saturated rings. The number of hydrogen-bond acceptors (Lipinski definition) is 4. The summed E-state index contributed by atoms with van der Waals surface area (Å²) >= 11 is 3.60. The number of rotatable bonds is 8. The average Bonchev–Trinajstić information content (AvgIpc) is 3.14. The van der Waals surface area contributed by atoms with Crippen LogP contribution in [0.1, 0.15) is 23.1 Å². The fraction of sp³-hybridized carbons (Fsp3) is 0.375. The Bertz CT molecular complexity index is 525. The Morgan fingerprint density at radius 1 is 1.05 bits per heavy atom. The molecule has 4 heteroatoms. The topological polar surface area (TPSA) is 24.7 Å². The van der Waals surface area contributed by atoms with Gasteiger partial charge in [0.1, 0.15) is 0 Å². The zero-order valence-corrected chi connectivity index (χ0v) is 13.4. The van der Waals surface area contributed by atoms with Crippen molar-refractivity contribution in [2.24, 2.45) is 9.98 Å². The van der Waals surface area contributed by atoms with Crippen LogP contribution in [0.4, 0.5) is 0 Å². The highest BCUT2D eigenvalue weighted by Crippen LogP contribution is 2.09. The summed E-state index contributed by atoms with van der Waals surface area (Å²) in [6.45, 7) is 3.85. The molecule has 0 unspecified atom stereocenters. The van der Waals surface area contributed by atoms with E-state index in [1.54, 1.807) is 22.7 Å². The van der Waals surface area contributed by atoms with Gasteiger partial charge >= 0.3 is 0 Å². The Balaban J connectivity index is 1.72. The molecule has 0 amide bonds. The van der Waals surface area contributed by atoms with Crippen molar-refractivity contribution in [2.75, 3.05) is 13.1 Å². The maximum absolute atomic E-state index is 4.63. The van der Waals surface area contributed by atoms with Crippen LogP contribution in [0, 0.1) is 0 Å². The van der Waals surface area contributed by atoms with E-state index in [0.29, 0.717) is 0 Å². The van der Waals surface area contributed by atoms with Crippen LogP contribution in [0.25, 0.3) is 0 Å². The van der Waals surface area contributed by atoms with Gasteiger partial charge in [0, 0.05) is 41.9 Å². The fourth-order valence-electron chi connectivity index (χ4n) is 1.81. The van der Waals surface area contributed by atoms with E-state index in [9.17, 15) is 0 Å². The van der Waals surface area contributed by atoms with Gasteiger partial charge in [0.05, 0.1) is 5.71 Å². The van der Waals surface area contributed by atoms with Crippen LogP contribution in [0.5, 0.6) is 0 Å². The van der Waals surface area contributed by atoms with Crippen molar-refractivity contribution in [2.45, 2.75) is 26.2 Å². The highest BCUT2D eigenvalue weighted by atomic mass is 32.1. The first-order valence-corrected chi connectivity index (χ1v) is 8.72. The molecular formula is C16H20N2S2. The molecule has 0 radical (unpaired) electrons. The molecule has 0 aliphatic heterocycles. The molecule has 0 bridgehead atoms. The zero-order valence-electron chi connectivity index (χ0n) is 11.8. The Labute approximate surface area is 128 Å². The summed E-state index contributed by atoms with van der Waals surface area (Å²) in [5.41, 5.74) is 1.10. The second kappa shape index (κ2) is 8.82. The van der Waals surface area contributed by atoms with E-state index >= 15 is 0 Å². The minimum absolute atomic E-state index is 0.852. The molecule has 0 saturated carbocycles. The maximum atomic E-state index is 4.63. The van der Waals surface area contributed by atoms with Gasteiger partial charge in [0.15, 0.2) is 0 Å². The molecule has 20 heavy (non-hydrogen) atoms. The third-order valence-corrected chi connectivity index (χ3v) is 4.80. The van der Waals surface area contributed by atoms with Crippen LogP contribution in [0.15, 0.2) is 45.0 Å². The second-order valence-corrected chi connectivity index (χ2v) is 6.49. The Morgan fingerprint density at radius 2 is 1.70 bits per heavy atom. The standard InChI is InChI=1S/C16H20N2S2/c1-2-14(18-10-8-16-6-4-12-20-16)13-17-9-7-15-5-3-11-19-15/h3-6,11-13H,2,7-10H2,1H3. The predicted octanol–water partition coefficient (Wildman–Crippen LogP) is 4.52. The van der Waals surface area contributed by atoms with Gasteiger partial charge < -0.3 is 0 Å². The molecule has 0 saturated heterocycles. The van der Waals surface area contributed by atoms with Crippen molar-refractivity contribution in [3.63, 3.8) is 0 Å². The lowest BCUT2D eigenvalue weighted by molar-refractivity contribution is 0.977. The largest absolute Gasteiger partial charge is 0.291 e.